The summed E-state index contributed by atoms with van der Waals surface area (Å²) in [7, 11) is 0. The first kappa shape index (κ1) is 21.3. The highest BCUT2D eigenvalue weighted by Gasteiger charge is 2.46. The van der Waals surface area contributed by atoms with E-state index in [0.717, 1.165) is 42.9 Å². The standard InChI is InChI=1S/C24H30N4O4/c25-13-16-4-2-8-24(16)9-11-27(12-10-24)14-15-3-1-5-17-20(15)23(32)28(22(17)31)18-6-7-19(29)26-21(18)30/h1,3,5,16,18H,2,4,6-14,25H2,(H,26,29,30). The van der Waals surface area contributed by atoms with Gasteiger partial charge in [-0.15, -0.1) is 0 Å². The fourth-order valence-corrected chi connectivity index (χ4v) is 6.35. The van der Waals surface area contributed by atoms with Crippen LogP contribution in [0.2, 0.25) is 0 Å². The average molecular weight is 439 g/mol. The minimum atomic E-state index is -0.932. The molecule has 8 nitrogen and oxygen atoms in total. The smallest absolute Gasteiger partial charge is 0.262 e. The van der Waals surface area contributed by atoms with Crippen molar-refractivity contribution in [3.05, 3.63) is 34.9 Å². The van der Waals surface area contributed by atoms with E-state index in [9.17, 15) is 19.2 Å². The van der Waals surface area contributed by atoms with Gasteiger partial charge in [-0.25, -0.2) is 0 Å². The number of piperidine rings is 2. The Bertz CT molecular complexity index is 982. The lowest BCUT2D eigenvalue weighted by molar-refractivity contribution is -0.136. The molecule has 0 bridgehead atoms. The molecule has 1 aromatic carbocycles. The van der Waals surface area contributed by atoms with Crippen molar-refractivity contribution in [2.75, 3.05) is 19.6 Å². The van der Waals surface area contributed by atoms with E-state index < -0.39 is 23.8 Å². The van der Waals surface area contributed by atoms with Gasteiger partial charge in [0.1, 0.15) is 6.04 Å². The molecule has 5 rings (SSSR count). The van der Waals surface area contributed by atoms with Gasteiger partial charge in [0, 0.05) is 13.0 Å². The second-order valence-corrected chi connectivity index (χ2v) is 9.75. The molecule has 1 saturated carbocycles. The Hall–Kier alpha value is -2.58. The molecule has 2 saturated heterocycles. The Morgan fingerprint density at radius 3 is 2.53 bits per heavy atom. The number of rotatable bonds is 4. The molecule has 32 heavy (non-hydrogen) atoms. The molecule has 0 aromatic heterocycles. The van der Waals surface area contributed by atoms with E-state index in [2.05, 4.69) is 10.2 Å². The lowest BCUT2D eigenvalue weighted by Gasteiger charge is -2.43. The lowest BCUT2D eigenvalue weighted by atomic mass is 9.70. The van der Waals surface area contributed by atoms with Crippen LogP contribution >= 0.6 is 0 Å². The van der Waals surface area contributed by atoms with Gasteiger partial charge in [-0.2, -0.15) is 0 Å². The molecular formula is C24H30N4O4. The van der Waals surface area contributed by atoms with Gasteiger partial charge >= 0.3 is 0 Å². The summed E-state index contributed by atoms with van der Waals surface area (Å²) in [4.78, 5) is 53.5. The van der Waals surface area contributed by atoms with Crippen molar-refractivity contribution in [3.8, 4) is 0 Å². The monoisotopic (exact) mass is 438 g/mol. The molecular weight excluding hydrogens is 408 g/mol. The Labute approximate surface area is 187 Å². The number of nitrogens with zero attached hydrogens (tertiary/aromatic N) is 2. The van der Waals surface area contributed by atoms with E-state index in [-0.39, 0.29) is 18.7 Å². The van der Waals surface area contributed by atoms with Crippen LogP contribution in [-0.2, 0) is 16.1 Å². The van der Waals surface area contributed by atoms with Crippen molar-refractivity contribution in [1.29, 1.82) is 0 Å². The molecule has 4 aliphatic rings. The van der Waals surface area contributed by atoms with Crippen LogP contribution in [0.4, 0.5) is 0 Å². The molecule has 4 amide bonds. The van der Waals surface area contributed by atoms with Gasteiger partial charge in [0.15, 0.2) is 0 Å². The molecule has 1 aromatic rings. The van der Waals surface area contributed by atoms with Crippen LogP contribution < -0.4 is 11.1 Å². The van der Waals surface area contributed by atoms with Gasteiger partial charge in [-0.05, 0) is 74.7 Å². The molecule has 3 fully saturated rings. The van der Waals surface area contributed by atoms with E-state index in [0.29, 0.717) is 29.0 Å². The number of likely N-dealkylation sites (tertiary alicyclic amines) is 1. The summed E-state index contributed by atoms with van der Waals surface area (Å²) in [5.41, 5.74) is 8.00. The van der Waals surface area contributed by atoms with Crippen molar-refractivity contribution in [1.82, 2.24) is 15.1 Å². The number of amides is 4. The number of nitrogens with one attached hydrogen (secondary N) is 1. The molecule has 0 radical (unpaired) electrons. The number of carbonyl (C=O) groups excluding carboxylic acids is 4. The van der Waals surface area contributed by atoms with Crippen molar-refractivity contribution in [2.24, 2.45) is 17.1 Å². The molecule has 3 aliphatic heterocycles. The third kappa shape index (κ3) is 3.36. The maximum absolute atomic E-state index is 13.3. The number of nitrogens with two attached hydrogens (primary N) is 1. The van der Waals surface area contributed by atoms with Crippen LogP contribution in [-0.4, -0.2) is 59.1 Å². The van der Waals surface area contributed by atoms with Gasteiger partial charge in [-0.3, -0.25) is 34.3 Å². The second kappa shape index (κ2) is 8.08. The topological polar surface area (TPSA) is 113 Å². The predicted octanol–water partition coefficient (Wildman–Crippen LogP) is 1.43. The van der Waals surface area contributed by atoms with Gasteiger partial charge < -0.3 is 5.73 Å². The second-order valence-electron chi connectivity index (χ2n) is 9.75. The molecule has 2 unspecified atom stereocenters. The minimum absolute atomic E-state index is 0.121. The number of fused-ring (bicyclic) bond motifs is 1. The zero-order chi connectivity index (χ0) is 22.5. The van der Waals surface area contributed by atoms with Crippen LogP contribution in [0.25, 0.3) is 0 Å². The van der Waals surface area contributed by atoms with Crippen LogP contribution in [0.5, 0.6) is 0 Å². The fraction of sp³-hybridized carbons (Fsp3) is 0.583. The van der Waals surface area contributed by atoms with Crippen molar-refractivity contribution in [2.45, 2.75) is 57.5 Å². The summed E-state index contributed by atoms with van der Waals surface area (Å²) in [6, 6.07) is 4.43. The quantitative estimate of drug-likeness (QED) is 0.688. The maximum atomic E-state index is 13.3. The highest BCUT2D eigenvalue weighted by molar-refractivity contribution is 6.24. The summed E-state index contributed by atoms with van der Waals surface area (Å²) in [5.74, 6) is -1.21. The average Bonchev–Trinajstić information content (AvgIpc) is 3.29. The van der Waals surface area contributed by atoms with Gasteiger partial charge in [0.05, 0.1) is 11.1 Å². The molecule has 1 aliphatic carbocycles. The van der Waals surface area contributed by atoms with E-state index >= 15 is 0 Å². The van der Waals surface area contributed by atoms with E-state index in [1.807, 2.05) is 6.07 Å². The number of benzene rings is 1. The number of imide groups is 2. The Balaban J connectivity index is 1.33. The summed E-state index contributed by atoms with van der Waals surface area (Å²) in [6.45, 7) is 3.28. The largest absolute Gasteiger partial charge is 0.330 e. The van der Waals surface area contributed by atoms with Crippen LogP contribution in [0, 0.1) is 11.3 Å². The van der Waals surface area contributed by atoms with Crippen LogP contribution in [0.15, 0.2) is 18.2 Å². The molecule has 170 valence electrons. The zero-order valence-electron chi connectivity index (χ0n) is 18.3. The van der Waals surface area contributed by atoms with Crippen LogP contribution in [0.1, 0.15) is 71.2 Å². The van der Waals surface area contributed by atoms with E-state index in [1.165, 1.54) is 19.3 Å². The zero-order valence-corrected chi connectivity index (χ0v) is 18.3. The summed E-state index contributed by atoms with van der Waals surface area (Å²) >= 11 is 0. The first-order chi connectivity index (χ1) is 15.4. The van der Waals surface area contributed by atoms with Crippen molar-refractivity contribution < 1.29 is 19.2 Å². The molecule has 8 heteroatoms. The van der Waals surface area contributed by atoms with Gasteiger partial charge in [0.25, 0.3) is 11.8 Å². The third-order valence-electron chi connectivity index (χ3n) is 8.18. The summed E-state index contributed by atoms with van der Waals surface area (Å²) in [5, 5.41) is 2.25. The lowest BCUT2D eigenvalue weighted by Crippen LogP contribution is -2.54. The van der Waals surface area contributed by atoms with Crippen LogP contribution in [0.3, 0.4) is 0 Å². The minimum Gasteiger partial charge on any atom is -0.330 e. The Kier molecular flexibility index (Phi) is 5.37. The van der Waals surface area contributed by atoms with Crippen molar-refractivity contribution >= 4 is 23.6 Å². The normalized spacial score (nSPS) is 27.8. The third-order valence-corrected chi connectivity index (χ3v) is 8.18. The Morgan fingerprint density at radius 1 is 1.03 bits per heavy atom. The fourth-order valence-electron chi connectivity index (χ4n) is 6.35. The Morgan fingerprint density at radius 2 is 1.81 bits per heavy atom. The summed E-state index contributed by atoms with van der Waals surface area (Å²) < 4.78 is 0. The molecule has 2 atom stereocenters. The van der Waals surface area contributed by atoms with E-state index in [4.69, 9.17) is 5.73 Å². The van der Waals surface area contributed by atoms with E-state index in [1.54, 1.807) is 12.1 Å². The molecule has 3 heterocycles. The number of carbonyl (C=O) groups is 4. The highest BCUT2D eigenvalue weighted by atomic mass is 16.2. The summed E-state index contributed by atoms with van der Waals surface area (Å²) in [6.07, 6.45) is 6.30. The van der Waals surface area contributed by atoms with Gasteiger partial charge in [-0.1, -0.05) is 18.6 Å². The van der Waals surface area contributed by atoms with Crippen molar-refractivity contribution in [3.63, 3.8) is 0 Å². The molecule has 1 spiro atoms. The number of hydrogen-bond donors (Lipinski definition) is 2. The first-order valence-corrected chi connectivity index (χ1v) is 11.7. The predicted molar refractivity (Wildman–Crippen MR) is 116 cm³/mol. The maximum Gasteiger partial charge on any atom is 0.262 e. The highest BCUT2D eigenvalue weighted by Crippen LogP contribution is 2.50. The molecule has 3 N–H and O–H groups in total. The van der Waals surface area contributed by atoms with Gasteiger partial charge in [0.2, 0.25) is 11.8 Å². The number of hydrogen-bond acceptors (Lipinski definition) is 6. The SMILES string of the molecule is NCC1CCCC12CCN(Cc1cccc3c1C(=O)N(C1CCC(=O)NC1=O)C3=O)CC2. The first-order valence-electron chi connectivity index (χ1n) is 11.7.